The second-order valence-corrected chi connectivity index (χ2v) is 5.59. The summed E-state index contributed by atoms with van der Waals surface area (Å²) in [5.41, 5.74) is 1.90. The summed E-state index contributed by atoms with van der Waals surface area (Å²) in [7, 11) is 0. The van der Waals surface area contributed by atoms with E-state index in [1.54, 1.807) is 30.9 Å². The van der Waals surface area contributed by atoms with Crippen LogP contribution in [0.5, 0.6) is 0 Å². The van der Waals surface area contributed by atoms with E-state index in [4.69, 9.17) is 11.6 Å². The van der Waals surface area contributed by atoms with Crippen LogP contribution < -0.4 is 10.6 Å². The number of pyridine rings is 1. The Morgan fingerprint density at radius 3 is 2.38 bits per heavy atom. The molecule has 2 aromatic heterocycles. The standard InChI is InChI=1S/C17H16ClN5O/c18-15-4-1-13(2-5-15)9-21-17(24)22-11-14-3-6-16(20-10-14)23-8-7-19-12-23/h1-8,10,12H,9,11H2,(H2,21,22,24). The summed E-state index contributed by atoms with van der Waals surface area (Å²) in [6, 6.07) is 10.9. The van der Waals surface area contributed by atoms with Crippen LogP contribution in [0.15, 0.2) is 61.3 Å². The molecule has 0 bridgehead atoms. The zero-order valence-electron chi connectivity index (χ0n) is 12.8. The van der Waals surface area contributed by atoms with Gasteiger partial charge in [0.05, 0.1) is 0 Å². The van der Waals surface area contributed by atoms with Crippen LogP contribution >= 0.6 is 11.6 Å². The van der Waals surface area contributed by atoms with Gasteiger partial charge in [0.15, 0.2) is 0 Å². The number of aromatic nitrogens is 3. The van der Waals surface area contributed by atoms with Crippen LogP contribution in [0.1, 0.15) is 11.1 Å². The highest BCUT2D eigenvalue weighted by molar-refractivity contribution is 6.30. The maximum atomic E-state index is 11.8. The number of carbonyl (C=O) groups excluding carboxylic acids is 1. The first kappa shape index (κ1) is 16.0. The first-order valence-corrected chi connectivity index (χ1v) is 7.78. The number of halogens is 1. The third kappa shape index (κ3) is 4.33. The van der Waals surface area contributed by atoms with E-state index in [2.05, 4.69) is 20.6 Å². The Labute approximate surface area is 144 Å². The monoisotopic (exact) mass is 341 g/mol. The molecule has 2 N–H and O–H groups in total. The number of nitrogens with zero attached hydrogens (tertiary/aromatic N) is 3. The minimum absolute atomic E-state index is 0.233. The number of hydrogen-bond acceptors (Lipinski definition) is 3. The Hall–Kier alpha value is -2.86. The van der Waals surface area contributed by atoms with E-state index >= 15 is 0 Å². The molecule has 0 aliphatic heterocycles. The first-order valence-electron chi connectivity index (χ1n) is 7.40. The van der Waals surface area contributed by atoms with E-state index < -0.39 is 0 Å². The number of amides is 2. The Morgan fingerprint density at radius 2 is 1.75 bits per heavy atom. The van der Waals surface area contributed by atoms with Gasteiger partial charge in [-0.1, -0.05) is 29.8 Å². The Kier molecular flexibility index (Phi) is 5.08. The molecule has 24 heavy (non-hydrogen) atoms. The van der Waals surface area contributed by atoms with Crippen molar-refractivity contribution in [2.75, 3.05) is 0 Å². The van der Waals surface area contributed by atoms with Gasteiger partial charge in [0.1, 0.15) is 12.1 Å². The van der Waals surface area contributed by atoms with E-state index in [0.29, 0.717) is 18.1 Å². The Balaban J connectivity index is 1.46. The molecular formula is C17H16ClN5O. The summed E-state index contributed by atoms with van der Waals surface area (Å²) in [6.07, 6.45) is 6.94. The van der Waals surface area contributed by atoms with Crippen molar-refractivity contribution in [1.29, 1.82) is 0 Å². The van der Waals surface area contributed by atoms with Crippen molar-refractivity contribution in [2.45, 2.75) is 13.1 Å². The second-order valence-electron chi connectivity index (χ2n) is 5.16. The van der Waals surface area contributed by atoms with Gasteiger partial charge < -0.3 is 10.6 Å². The lowest BCUT2D eigenvalue weighted by Crippen LogP contribution is -2.34. The molecule has 0 radical (unpaired) electrons. The van der Waals surface area contributed by atoms with Crippen LogP contribution in [0.4, 0.5) is 4.79 Å². The molecule has 3 rings (SSSR count). The van der Waals surface area contributed by atoms with Crippen LogP contribution in [0, 0.1) is 0 Å². The molecule has 0 saturated carbocycles. The topological polar surface area (TPSA) is 71.8 Å². The molecule has 1 aromatic carbocycles. The van der Waals surface area contributed by atoms with E-state index in [9.17, 15) is 4.79 Å². The third-order valence-corrected chi connectivity index (χ3v) is 3.65. The summed E-state index contributed by atoms with van der Waals surface area (Å²) in [5.74, 6) is 0.781. The van der Waals surface area contributed by atoms with Gasteiger partial charge in [-0.05, 0) is 29.3 Å². The predicted molar refractivity (Wildman–Crippen MR) is 91.9 cm³/mol. The van der Waals surface area contributed by atoms with E-state index in [0.717, 1.165) is 16.9 Å². The molecule has 0 atom stereocenters. The lowest BCUT2D eigenvalue weighted by atomic mass is 10.2. The summed E-state index contributed by atoms with van der Waals surface area (Å²) < 4.78 is 1.82. The summed E-state index contributed by atoms with van der Waals surface area (Å²) in [4.78, 5) is 20.2. The van der Waals surface area contributed by atoms with Crippen LogP contribution in [-0.2, 0) is 13.1 Å². The van der Waals surface area contributed by atoms with Gasteiger partial charge in [0.2, 0.25) is 0 Å². The van der Waals surface area contributed by atoms with Crippen LogP contribution in [0.25, 0.3) is 5.82 Å². The maximum Gasteiger partial charge on any atom is 0.315 e. The van der Waals surface area contributed by atoms with Gasteiger partial charge >= 0.3 is 6.03 Å². The van der Waals surface area contributed by atoms with Crippen molar-refractivity contribution < 1.29 is 4.79 Å². The molecule has 0 spiro atoms. The van der Waals surface area contributed by atoms with Gasteiger partial charge in [-0.3, -0.25) is 4.57 Å². The molecule has 0 saturated heterocycles. The fourth-order valence-electron chi connectivity index (χ4n) is 2.10. The third-order valence-electron chi connectivity index (χ3n) is 3.40. The molecule has 2 heterocycles. The SMILES string of the molecule is O=C(NCc1ccc(Cl)cc1)NCc1ccc(-n2ccnc2)nc1. The van der Waals surface area contributed by atoms with Crippen molar-refractivity contribution >= 4 is 17.6 Å². The maximum absolute atomic E-state index is 11.8. The predicted octanol–water partition coefficient (Wildman–Crippen LogP) is 2.92. The fourth-order valence-corrected chi connectivity index (χ4v) is 2.22. The number of benzene rings is 1. The highest BCUT2D eigenvalue weighted by Crippen LogP contribution is 2.09. The van der Waals surface area contributed by atoms with Crippen molar-refractivity contribution in [2.24, 2.45) is 0 Å². The van der Waals surface area contributed by atoms with Gasteiger partial charge in [0, 0.05) is 36.7 Å². The number of nitrogens with one attached hydrogen (secondary N) is 2. The molecule has 0 unspecified atom stereocenters. The van der Waals surface area contributed by atoms with Gasteiger partial charge in [-0.15, -0.1) is 0 Å². The zero-order valence-corrected chi connectivity index (χ0v) is 13.6. The number of imidazole rings is 1. The van der Waals surface area contributed by atoms with Crippen molar-refractivity contribution in [1.82, 2.24) is 25.2 Å². The van der Waals surface area contributed by atoms with Gasteiger partial charge in [0.25, 0.3) is 0 Å². The normalized spacial score (nSPS) is 10.4. The second kappa shape index (κ2) is 7.61. The highest BCUT2D eigenvalue weighted by atomic mass is 35.5. The summed E-state index contributed by atoms with van der Waals surface area (Å²) >= 11 is 5.83. The Bertz CT molecular complexity index is 785. The molecular weight excluding hydrogens is 326 g/mol. The largest absolute Gasteiger partial charge is 0.334 e. The highest BCUT2D eigenvalue weighted by Gasteiger charge is 2.02. The number of urea groups is 1. The van der Waals surface area contributed by atoms with Crippen LogP contribution in [0.2, 0.25) is 5.02 Å². The smallest absolute Gasteiger partial charge is 0.315 e. The quantitative estimate of drug-likeness (QED) is 0.749. The lowest BCUT2D eigenvalue weighted by Gasteiger charge is -2.08. The molecule has 6 nitrogen and oxygen atoms in total. The molecule has 2 amide bonds. The van der Waals surface area contributed by atoms with E-state index in [-0.39, 0.29) is 6.03 Å². The molecule has 0 fully saturated rings. The van der Waals surface area contributed by atoms with Crippen LogP contribution in [-0.4, -0.2) is 20.6 Å². The van der Waals surface area contributed by atoms with Gasteiger partial charge in [-0.25, -0.2) is 14.8 Å². The minimum Gasteiger partial charge on any atom is -0.334 e. The molecule has 7 heteroatoms. The number of rotatable bonds is 5. The number of hydrogen-bond donors (Lipinski definition) is 2. The summed E-state index contributed by atoms with van der Waals surface area (Å²) in [6.45, 7) is 0.852. The average Bonchev–Trinajstić information content (AvgIpc) is 3.14. The van der Waals surface area contributed by atoms with Gasteiger partial charge in [-0.2, -0.15) is 0 Å². The average molecular weight is 342 g/mol. The van der Waals surface area contributed by atoms with Crippen molar-refractivity contribution in [3.63, 3.8) is 0 Å². The Morgan fingerprint density at radius 1 is 1.04 bits per heavy atom. The first-order chi connectivity index (χ1) is 11.7. The molecule has 122 valence electrons. The van der Waals surface area contributed by atoms with Crippen molar-refractivity contribution in [3.8, 4) is 5.82 Å². The fraction of sp³-hybridized carbons (Fsp3) is 0.118. The van der Waals surface area contributed by atoms with Crippen LogP contribution in [0.3, 0.4) is 0 Å². The van der Waals surface area contributed by atoms with Crippen molar-refractivity contribution in [3.05, 3.63) is 77.5 Å². The molecule has 0 aliphatic rings. The molecule has 3 aromatic rings. The molecule has 0 aliphatic carbocycles. The number of carbonyl (C=O) groups is 1. The van der Waals surface area contributed by atoms with E-state index in [1.165, 1.54) is 0 Å². The van der Waals surface area contributed by atoms with E-state index in [1.807, 2.05) is 35.0 Å². The zero-order chi connectivity index (χ0) is 16.8. The summed E-state index contributed by atoms with van der Waals surface area (Å²) in [5, 5.41) is 6.27. The minimum atomic E-state index is -0.233. The lowest BCUT2D eigenvalue weighted by molar-refractivity contribution is 0.240.